The highest BCUT2D eigenvalue weighted by atomic mass is 16.2. The third kappa shape index (κ3) is 3.64. The van der Waals surface area contributed by atoms with Gasteiger partial charge in [-0.2, -0.15) is 0 Å². The van der Waals surface area contributed by atoms with E-state index in [1.54, 1.807) is 7.05 Å². The van der Waals surface area contributed by atoms with Crippen molar-refractivity contribution >= 4 is 11.8 Å². The van der Waals surface area contributed by atoms with E-state index < -0.39 is 0 Å². The number of rotatable bonds is 5. The smallest absolute Gasteiger partial charge is 0.246 e. The zero-order chi connectivity index (χ0) is 13.7. The predicted molar refractivity (Wildman–Crippen MR) is 73.6 cm³/mol. The van der Waals surface area contributed by atoms with E-state index in [9.17, 15) is 9.59 Å². The summed E-state index contributed by atoms with van der Waals surface area (Å²) in [7, 11) is 1.56. The van der Waals surface area contributed by atoms with Gasteiger partial charge in [0.25, 0.3) is 0 Å². The van der Waals surface area contributed by atoms with Gasteiger partial charge >= 0.3 is 0 Å². The topological polar surface area (TPSA) is 49.4 Å². The van der Waals surface area contributed by atoms with Gasteiger partial charge in [0.1, 0.15) is 0 Å². The SMILES string of the molecule is CN1C(=O)CCC(NCCCc2ccccc2)C1=O. The lowest BCUT2D eigenvalue weighted by atomic mass is 10.0. The summed E-state index contributed by atoms with van der Waals surface area (Å²) in [5.74, 6) is -0.178. The lowest BCUT2D eigenvalue weighted by Gasteiger charge is -2.28. The molecule has 1 aromatic carbocycles. The summed E-state index contributed by atoms with van der Waals surface area (Å²) in [6.45, 7) is 0.799. The summed E-state index contributed by atoms with van der Waals surface area (Å²) in [5, 5.41) is 3.25. The Bertz CT molecular complexity index is 445. The molecule has 1 unspecified atom stereocenters. The van der Waals surface area contributed by atoms with Crippen molar-refractivity contribution in [3.05, 3.63) is 35.9 Å². The van der Waals surface area contributed by atoms with Crippen LogP contribution < -0.4 is 5.32 Å². The zero-order valence-corrected chi connectivity index (χ0v) is 11.3. The molecular formula is C15H20N2O2. The molecule has 1 heterocycles. The second-order valence-electron chi connectivity index (χ2n) is 4.93. The number of nitrogens with one attached hydrogen (secondary N) is 1. The van der Waals surface area contributed by atoms with E-state index in [0.717, 1.165) is 19.4 Å². The Kier molecular flexibility index (Phi) is 4.68. The maximum atomic E-state index is 11.8. The minimum atomic E-state index is -0.196. The largest absolute Gasteiger partial charge is 0.306 e. The minimum absolute atomic E-state index is 0.0765. The van der Waals surface area contributed by atoms with Gasteiger partial charge in [0.2, 0.25) is 11.8 Å². The summed E-state index contributed by atoms with van der Waals surface area (Å²) in [4.78, 5) is 24.4. The van der Waals surface area contributed by atoms with Crippen molar-refractivity contribution in [1.82, 2.24) is 10.2 Å². The fourth-order valence-corrected chi connectivity index (χ4v) is 2.32. The number of amides is 2. The molecule has 0 saturated carbocycles. The Morgan fingerprint density at radius 3 is 2.74 bits per heavy atom. The van der Waals surface area contributed by atoms with Crippen molar-refractivity contribution in [3.63, 3.8) is 0 Å². The summed E-state index contributed by atoms with van der Waals surface area (Å²) in [6.07, 6.45) is 3.07. The lowest BCUT2D eigenvalue weighted by Crippen LogP contribution is -2.51. The summed E-state index contributed by atoms with van der Waals surface area (Å²) in [6, 6.07) is 10.1. The first kappa shape index (κ1) is 13.7. The molecule has 102 valence electrons. The van der Waals surface area contributed by atoms with Crippen LogP contribution in [0.2, 0.25) is 0 Å². The molecule has 4 nitrogen and oxygen atoms in total. The number of hydrogen-bond donors (Lipinski definition) is 1. The highest BCUT2D eigenvalue weighted by molar-refractivity contribution is 6.00. The number of carbonyl (C=O) groups is 2. The Balaban J connectivity index is 1.71. The number of likely N-dealkylation sites (N-methyl/N-ethyl adjacent to an activating group) is 1. The normalized spacial score (nSPS) is 19.8. The fourth-order valence-electron chi connectivity index (χ4n) is 2.32. The van der Waals surface area contributed by atoms with Crippen LogP contribution in [0, 0.1) is 0 Å². The summed E-state index contributed by atoms with van der Waals surface area (Å²) < 4.78 is 0. The van der Waals surface area contributed by atoms with Crippen LogP contribution in [0.1, 0.15) is 24.8 Å². The van der Waals surface area contributed by atoms with Crippen molar-refractivity contribution in [2.24, 2.45) is 0 Å². The minimum Gasteiger partial charge on any atom is -0.306 e. The molecule has 1 aromatic rings. The van der Waals surface area contributed by atoms with E-state index in [1.165, 1.54) is 10.5 Å². The number of carbonyl (C=O) groups excluding carboxylic acids is 2. The van der Waals surface area contributed by atoms with Crippen molar-refractivity contribution in [1.29, 1.82) is 0 Å². The first-order valence-electron chi connectivity index (χ1n) is 6.76. The van der Waals surface area contributed by atoms with Crippen LogP contribution in [0.5, 0.6) is 0 Å². The summed E-state index contributed by atoms with van der Waals surface area (Å²) >= 11 is 0. The van der Waals surface area contributed by atoms with Gasteiger partial charge in [0.05, 0.1) is 6.04 Å². The second kappa shape index (κ2) is 6.48. The van der Waals surface area contributed by atoms with Crippen LogP contribution in [-0.4, -0.2) is 36.3 Å². The van der Waals surface area contributed by atoms with E-state index in [4.69, 9.17) is 0 Å². The molecule has 0 bridgehead atoms. The van der Waals surface area contributed by atoms with Gasteiger partial charge in [-0.25, -0.2) is 0 Å². The quantitative estimate of drug-likeness (QED) is 0.642. The highest BCUT2D eigenvalue weighted by Crippen LogP contribution is 2.11. The Hall–Kier alpha value is -1.68. The van der Waals surface area contributed by atoms with E-state index in [0.29, 0.717) is 12.8 Å². The zero-order valence-electron chi connectivity index (χ0n) is 11.3. The number of aryl methyl sites for hydroxylation is 1. The number of piperidine rings is 1. The highest BCUT2D eigenvalue weighted by Gasteiger charge is 2.30. The fraction of sp³-hybridized carbons (Fsp3) is 0.467. The first-order valence-corrected chi connectivity index (χ1v) is 6.76. The molecule has 4 heteroatoms. The molecule has 0 aromatic heterocycles. The van der Waals surface area contributed by atoms with Crippen molar-refractivity contribution in [3.8, 4) is 0 Å². The van der Waals surface area contributed by atoms with Crippen LogP contribution in [0.25, 0.3) is 0 Å². The molecular weight excluding hydrogens is 240 g/mol. The molecule has 0 spiro atoms. The number of hydrogen-bond acceptors (Lipinski definition) is 3. The molecule has 0 aliphatic carbocycles. The molecule has 2 amide bonds. The Morgan fingerprint density at radius 1 is 1.26 bits per heavy atom. The van der Waals surface area contributed by atoms with Crippen LogP contribution in [-0.2, 0) is 16.0 Å². The molecule has 1 N–H and O–H groups in total. The van der Waals surface area contributed by atoms with Gasteiger partial charge < -0.3 is 5.32 Å². The Labute approximate surface area is 113 Å². The van der Waals surface area contributed by atoms with Crippen molar-refractivity contribution in [2.75, 3.05) is 13.6 Å². The average molecular weight is 260 g/mol. The van der Waals surface area contributed by atoms with Crippen LogP contribution >= 0.6 is 0 Å². The first-order chi connectivity index (χ1) is 9.18. The van der Waals surface area contributed by atoms with E-state index in [1.807, 2.05) is 18.2 Å². The van der Waals surface area contributed by atoms with Crippen LogP contribution in [0.3, 0.4) is 0 Å². The van der Waals surface area contributed by atoms with Gasteiger partial charge in [0.15, 0.2) is 0 Å². The van der Waals surface area contributed by atoms with Gasteiger partial charge in [-0.15, -0.1) is 0 Å². The average Bonchev–Trinajstić information content (AvgIpc) is 2.44. The van der Waals surface area contributed by atoms with E-state index in [-0.39, 0.29) is 17.9 Å². The van der Waals surface area contributed by atoms with Gasteiger partial charge in [0, 0.05) is 13.5 Å². The summed E-state index contributed by atoms with van der Waals surface area (Å²) in [5.41, 5.74) is 1.31. The molecule has 19 heavy (non-hydrogen) atoms. The molecule has 1 aliphatic heterocycles. The molecule has 2 rings (SSSR count). The van der Waals surface area contributed by atoms with Crippen molar-refractivity contribution in [2.45, 2.75) is 31.7 Å². The van der Waals surface area contributed by atoms with Gasteiger partial charge in [-0.05, 0) is 31.4 Å². The van der Waals surface area contributed by atoms with E-state index in [2.05, 4.69) is 17.4 Å². The molecule has 1 saturated heterocycles. The number of likely N-dealkylation sites (tertiary alicyclic amines) is 1. The molecule has 1 atom stereocenters. The third-order valence-corrected chi connectivity index (χ3v) is 3.53. The standard InChI is InChI=1S/C15H20N2O2/c1-17-14(18)10-9-13(15(17)19)16-11-5-8-12-6-3-2-4-7-12/h2-4,6-7,13,16H,5,8-11H2,1H3. The van der Waals surface area contributed by atoms with Crippen LogP contribution in [0.4, 0.5) is 0 Å². The van der Waals surface area contributed by atoms with Crippen LogP contribution in [0.15, 0.2) is 30.3 Å². The van der Waals surface area contributed by atoms with Crippen molar-refractivity contribution < 1.29 is 9.59 Å². The number of imide groups is 1. The molecule has 1 fully saturated rings. The lowest BCUT2D eigenvalue weighted by molar-refractivity contribution is -0.148. The van der Waals surface area contributed by atoms with Gasteiger partial charge in [-0.3, -0.25) is 14.5 Å². The number of benzene rings is 1. The predicted octanol–water partition coefficient (Wildman–Crippen LogP) is 1.36. The van der Waals surface area contributed by atoms with Gasteiger partial charge in [-0.1, -0.05) is 30.3 Å². The number of nitrogens with zero attached hydrogens (tertiary/aromatic N) is 1. The third-order valence-electron chi connectivity index (χ3n) is 3.53. The molecule has 0 radical (unpaired) electrons. The second-order valence-corrected chi connectivity index (χ2v) is 4.93. The molecule has 1 aliphatic rings. The Morgan fingerprint density at radius 2 is 2.00 bits per heavy atom. The van der Waals surface area contributed by atoms with E-state index >= 15 is 0 Å². The maximum absolute atomic E-state index is 11.8. The maximum Gasteiger partial charge on any atom is 0.246 e. The monoisotopic (exact) mass is 260 g/mol.